The van der Waals surface area contributed by atoms with Crippen molar-refractivity contribution in [2.45, 2.75) is 25.9 Å². The third-order valence-electron chi connectivity index (χ3n) is 1.50. The van der Waals surface area contributed by atoms with E-state index in [1.165, 1.54) is 0 Å². The van der Waals surface area contributed by atoms with Gasteiger partial charge in [-0.15, -0.1) is 0 Å². The lowest BCUT2D eigenvalue weighted by atomic mass is 10.0. The highest BCUT2D eigenvalue weighted by molar-refractivity contribution is 5.83. The lowest BCUT2D eigenvalue weighted by Crippen LogP contribution is -2.30. The van der Waals surface area contributed by atoms with Gasteiger partial charge in [-0.05, 0) is 13.8 Å². The molecule has 0 amide bonds. The summed E-state index contributed by atoms with van der Waals surface area (Å²) in [5.41, 5.74) is 0.832. The van der Waals surface area contributed by atoms with Crippen LogP contribution >= 0.6 is 0 Å². The summed E-state index contributed by atoms with van der Waals surface area (Å²) in [5.74, 6) is 0. The van der Waals surface area contributed by atoms with Gasteiger partial charge in [-0.1, -0.05) is 5.16 Å². The van der Waals surface area contributed by atoms with Crippen LogP contribution in [0.5, 0.6) is 0 Å². The van der Waals surface area contributed by atoms with Crippen molar-refractivity contribution in [3.8, 4) is 0 Å². The van der Waals surface area contributed by atoms with E-state index in [1.807, 2.05) is 13.8 Å². The molecule has 0 aliphatic carbocycles. The predicted molar refractivity (Wildman–Crippen MR) is 39.1 cm³/mol. The van der Waals surface area contributed by atoms with Crippen LogP contribution in [0.3, 0.4) is 0 Å². The summed E-state index contributed by atoms with van der Waals surface area (Å²) in [4.78, 5) is 5.16. The lowest BCUT2D eigenvalue weighted by molar-refractivity contribution is -0.0551. The van der Waals surface area contributed by atoms with E-state index in [0.717, 1.165) is 12.1 Å². The first-order chi connectivity index (χ1) is 4.66. The lowest BCUT2D eigenvalue weighted by Gasteiger charge is -2.19. The molecule has 3 heteroatoms. The number of ether oxygens (including phenoxy) is 1. The Kier molecular flexibility index (Phi) is 1.94. The summed E-state index contributed by atoms with van der Waals surface area (Å²) in [7, 11) is 1.67. The second-order valence-corrected chi connectivity index (χ2v) is 2.98. The van der Waals surface area contributed by atoms with Crippen molar-refractivity contribution in [2.75, 3.05) is 13.7 Å². The zero-order valence-corrected chi connectivity index (χ0v) is 6.68. The van der Waals surface area contributed by atoms with Gasteiger partial charge in [-0.25, -0.2) is 0 Å². The number of hydrogen-bond donors (Lipinski definition) is 0. The van der Waals surface area contributed by atoms with Gasteiger partial charge in [0.05, 0.1) is 12.3 Å². The molecule has 0 aromatic rings. The monoisotopic (exact) mass is 143 g/mol. The molecular formula is C7H13NO2. The number of methoxy groups -OCH3 is 1. The van der Waals surface area contributed by atoms with Gasteiger partial charge in [0.25, 0.3) is 0 Å². The van der Waals surface area contributed by atoms with Crippen LogP contribution in [0.15, 0.2) is 5.16 Å². The van der Waals surface area contributed by atoms with Crippen molar-refractivity contribution in [3.05, 3.63) is 0 Å². The fraction of sp³-hybridized carbons (Fsp3) is 0.857. The van der Waals surface area contributed by atoms with E-state index >= 15 is 0 Å². The van der Waals surface area contributed by atoms with E-state index in [2.05, 4.69) is 5.16 Å². The number of hydrogen-bond acceptors (Lipinski definition) is 3. The van der Waals surface area contributed by atoms with Gasteiger partial charge >= 0.3 is 0 Å². The first kappa shape index (κ1) is 7.54. The third-order valence-corrected chi connectivity index (χ3v) is 1.50. The Balaban J connectivity index is 2.44. The highest BCUT2D eigenvalue weighted by Crippen LogP contribution is 2.22. The molecule has 0 bridgehead atoms. The van der Waals surface area contributed by atoms with Gasteiger partial charge in [-0.2, -0.15) is 0 Å². The van der Waals surface area contributed by atoms with E-state index in [4.69, 9.17) is 9.57 Å². The van der Waals surface area contributed by atoms with Crippen molar-refractivity contribution in [3.63, 3.8) is 0 Å². The topological polar surface area (TPSA) is 30.8 Å². The summed E-state index contributed by atoms with van der Waals surface area (Å²) in [6, 6.07) is 0. The maximum absolute atomic E-state index is 5.16. The summed E-state index contributed by atoms with van der Waals surface area (Å²) in [6.45, 7) is 4.56. The van der Waals surface area contributed by atoms with Crippen molar-refractivity contribution < 1.29 is 9.57 Å². The van der Waals surface area contributed by atoms with Crippen LogP contribution < -0.4 is 0 Å². The largest absolute Gasteiger partial charge is 0.387 e. The highest BCUT2D eigenvalue weighted by Gasteiger charge is 2.32. The molecule has 0 spiro atoms. The van der Waals surface area contributed by atoms with Crippen LogP contribution in [0.2, 0.25) is 0 Å². The Labute approximate surface area is 61.0 Å². The molecule has 0 aromatic carbocycles. The van der Waals surface area contributed by atoms with Gasteiger partial charge in [0, 0.05) is 13.5 Å². The SMILES string of the molecule is COCC1(C)CC(C)=NO1. The van der Waals surface area contributed by atoms with Crippen LogP contribution in [0.1, 0.15) is 20.3 Å². The molecule has 0 radical (unpaired) electrons. The molecular weight excluding hydrogens is 130 g/mol. The zero-order valence-electron chi connectivity index (χ0n) is 6.68. The van der Waals surface area contributed by atoms with Crippen LogP contribution in [-0.4, -0.2) is 25.0 Å². The summed E-state index contributed by atoms with van der Waals surface area (Å²) in [5, 5.41) is 3.84. The smallest absolute Gasteiger partial charge is 0.163 e. The molecule has 0 aromatic heterocycles. The minimum Gasteiger partial charge on any atom is -0.387 e. The molecule has 1 aliphatic heterocycles. The number of nitrogens with zero attached hydrogens (tertiary/aromatic N) is 1. The maximum atomic E-state index is 5.16. The first-order valence-corrected chi connectivity index (χ1v) is 3.37. The Morgan fingerprint density at radius 3 is 2.90 bits per heavy atom. The van der Waals surface area contributed by atoms with Crippen LogP contribution in [0, 0.1) is 0 Å². The van der Waals surface area contributed by atoms with Gasteiger partial charge < -0.3 is 9.57 Å². The highest BCUT2D eigenvalue weighted by atomic mass is 16.7. The Morgan fingerprint density at radius 2 is 2.50 bits per heavy atom. The van der Waals surface area contributed by atoms with Crippen LogP contribution in [0.25, 0.3) is 0 Å². The van der Waals surface area contributed by atoms with Gasteiger partial charge in [0.1, 0.15) is 0 Å². The molecule has 58 valence electrons. The average Bonchev–Trinajstić information content (AvgIpc) is 2.12. The van der Waals surface area contributed by atoms with Crippen molar-refractivity contribution >= 4 is 5.71 Å². The molecule has 3 nitrogen and oxygen atoms in total. The van der Waals surface area contributed by atoms with E-state index in [-0.39, 0.29) is 5.60 Å². The first-order valence-electron chi connectivity index (χ1n) is 3.37. The van der Waals surface area contributed by atoms with E-state index in [1.54, 1.807) is 7.11 Å². The standard InChI is InChI=1S/C7H13NO2/c1-6-4-7(2,5-9-3)10-8-6/h4-5H2,1-3H3. The molecule has 0 saturated carbocycles. The minimum atomic E-state index is -0.209. The van der Waals surface area contributed by atoms with Crippen molar-refractivity contribution in [1.29, 1.82) is 0 Å². The van der Waals surface area contributed by atoms with E-state index in [9.17, 15) is 0 Å². The average molecular weight is 143 g/mol. The number of oxime groups is 1. The van der Waals surface area contributed by atoms with E-state index < -0.39 is 0 Å². The quantitative estimate of drug-likeness (QED) is 0.581. The van der Waals surface area contributed by atoms with Crippen LogP contribution in [-0.2, 0) is 9.57 Å². The van der Waals surface area contributed by atoms with Crippen molar-refractivity contribution in [2.24, 2.45) is 5.16 Å². The maximum Gasteiger partial charge on any atom is 0.163 e. The Bertz CT molecular complexity index is 156. The fourth-order valence-corrected chi connectivity index (χ4v) is 1.18. The second-order valence-electron chi connectivity index (χ2n) is 2.98. The molecule has 0 fully saturated rings. The Morgan fingerprint density at radius 1 is 1.80 bits per heavy atom. The molecule has 10 heavy (non-hydrogen) atoms. The molecule has 1 rings (SSSR count). The summed E-state index contributed by atoms with van der Waals surface area (Å²) < 4.78 is 4.98. The van der Waals surface area contributed by atoms with Gasteiger partial charge in [-0.3, -0.25) is 0 Å². The normalized spacial score (nSPS) is 31.7. The van der Waals surface area contributed by atoms with Gasteiger partial charge in [0.2, 0.25) is 0 Å². The van der Waals surface area contributed by atoms with Gasteiger partial charge in [0.15, 0.2) is 5.60 Å². The molecule has 1 aliphatic rings. The minimum absolute atomic E-state index is 0.209. The predicted octanol–water partition coefficient (Wildman–Crippen LogP) is 1.19. The summed E-state index contributed by atoms with van der Waals surface area (Å²) >= 11 is 0. The third kappa shape index (κ3) is 1.48. The van der Waals surface area contributed by atoms with Crippen molar-refractivity contribution in [1.82, 2.24) is 0 Å². The zero-order chi connectivity index (χ0) is 7.61. The molecule has 0 N–H and O–H groups in total. The van der Waals surface area contributed by atoms with E-state index in [0.29, 0.717) is 6.61 Å². The Hall–Kier alpha value is -0.570. The molecule has 0 saturated heterocycles. The molecule has 1 atom stereocenters. The molecule has 1 unspecified atom stereocenters. The number of rotatable bonds is 2. The van der Waals surface area contributed by atoms with Crippen LogP contribution in [0.4, 0.5) is 0 Å². The fourth-order valence-electron chi connectivity index (χ4n) is 1.18. The second kappa shape index (κ2) is 2.58. The summed E-state index contributed by atoms with van der Waals surface area (Å²) in [6.07, 6.45) is 0.876. The molecule has 1 heterocycles.